The molecule has 13 heteroatoms. The number of hydrogen-bond acceptors (Lipinski definition) is 6. The molecular formula is C41H48F5N5O3. The Bertz CT molecular complexity index is 1850. The Morgan fingerprint density at radius 3 is 2.28 bits per heavy atom. The third-order valence-corrected chi connectivity index (χ3v) is 10.4. The molecule has 1 saturated carbocycles. The summed E-state index contributed by atoms with van der Waals surface area (Å²) >= 11 is 0. The second-order valence-corrected chi connectivity index (χ2v) is 14.8. The first-order valence-electron chi connectivity index (χ1n) is 18.4. The molecule has 290 valence electrons. The first-order valence-corrected chi connectivity index (χ1v) is 18.4. The van der Waals surface area contributed by atoms with Crippen LogP contribution in [0.4, 0.5) is 33.3 Å². The molecule has 0 bridgehead atoms. The van der Waals surface area contributed by atoms with Gasteiger partial charge in [-0.1, -0.05) is 36.4 Å². The second-order valence-electron chi connectivity index (χ2n) is 14.8. The maximum absolute atomic E-state index is 14.0. The molecule has 2 amide bonds. The average molecular weight is 754 g/mol. The van der Waals surface area contributed by atoms with Gasteiger partial charge in [0.05, 0.1) is 5.69 Å². The van der Waals surface area contributed by atoms with E-state index in [0.717, 1.165) is 48.1 Å². The van der Waals surface area contributed by atoms with E-state index in [4.69, 9.17) is 5.73 Å². The molecule has 1 fully saturated rings. The number of carbonyl (C=O) groups is 3. The van der Waals surface area contributed by atoms with Crippen LogP contribution >= 0.6 is 0 Å². The minimum absolute atomic E-state index is 0.0164. The van der Waals surface area contributed by atoms with E-state index in [1.165, 1.54) is 18.2 Å². The molecule has 0 saturated heterocycles. The number of ketones is 1. The number of benzene rings is 3. The van der Waals surface area contributed by atoms with Crippen molar-refractivity contribution in [2.75, 3.05) is 39.0 Å². The number of rotatable bonds is 15. The highest BCUT2D eigenvalue weighted by Gasteiger charge is 2.61. The van der Waals surface area contributed by atoms with Crippen LogP contribution in [0.3, 0.4) is 0 Å². The van der Waals surface area contributed by atoms with Gasteiger partial charge >= 0.3 is 12.1 Å². The summed E-state index contributed by atoms with van der Waals surface area (Å²) in [4.78, 5) is 45.7. The fourth-order valence-electron chi connectivity index (χ4n) is 7.17. The minimum Gasteiger partial charge on any atom is -0.352 e. The number of carbonyl (C=O) groups excluding carboxylic acids is 3. The Morgan fingerprint density at radius 2 is 1.65 bits per heavy atom. The largest absolute Gasteiger partial charge is 0.459 e. The number of aryl methyl sites for hydroxylation is 1. The molecule has 3 aromatic carbocycles. The first-order chi connectivity index (χ1) is 25.5. The first kappa shape index (κ1) is 40.7. The van der Waals surface area contributed by atoms with Crippen LogP contribution in [-0.4, -0.2) is 74.0 Å². The lowest BCUT2D eigenvalue weighted by Crippen LogP contribution is -2.44. The predicted molar refractivity (Wildman–Crippen MR) is 200 cm³/mol. The Labute approximate surface area is 312 Å². The van der Waals surface area contributed by atoms with Crippen molar-refractivity contribution in [3.05, 3.63) is 82.9 Å². The predicted octanol–water partition coefficient (Wildman–Crippen LogP) is 7.69. The van der Waals surface area contributed by atoms with Gasteiger partial charge in [0, 0.05) is 42.5 Å². The average Bonchev–Trinajstić information content (AvgIpc) is 3.57. The van der Waals surface area contributed by atoms with E-state index in [0.29, 0.717) is 37.4 Å². The number of hydrogen-bond donors (Lipinski definition) is 3. The van der Waals surface area contributed by atoms with Gasteiger partial charge in [-0.25, -0.2) is 0 Å². The third-order valence-electron chi connectivity index (χ3n) is 10.4. The number of nitrogens with one attached hydrogen (secondary N) is 2. The highest BCUT2D eigenvalue weighted by atomic mass is 19.4. The van der Waals surface area contributed by atoms with Crippen LogP contribution in [0, 0.1) is 24.7 Å². The Hall–Kier alpha value is -4.49. The summed E-state index contributed by atoms with van der Waals surface area (Å²) < 4.78 is 67.0. The van der Waals surface area contributed by atoms with E-state index >= 15 is 0 Å². The molecule has 0 radical (unpaired) electrons. The third kappa shape index (κ3) is 9.97. The van der Waals surface area contributed by atoms with E-state index < -0.39 is 36.1 Å². The highest BCUT2D eigenvalue weighted by Crippen LogP contribution is 2.42. The van der Waals surface area contributed by atoms with Crippen molar-refractivity contribution in [1.82, 2.24) is 10.2 Å². The lowest BCUT2D eigenvalue weighted by Gasteiger charge is -2.27. The van der Waals surface area contributed by atoms with E-state index in [1.54, 1.807) is 6.07 Å². The Balaban J connectivity index is 1.30. The number of aliphatic imine (C=N–C) groups is 1. The highest BCUT2D eigenvalue weighted by molar-refractivity contribution is 6.01. The van der Waals surface area contributed by atoms with Crippen molar-refractivity contribution in [2.45, 2.75) is 70.4 Å². The van der Waals surface area contributed by atoms with Crippen LogP contribution in [0.25, 0.3) is 11.1 Å². The van der Waals surface area contributed by atoms with Gasteiger partial charge in [-0.3, -0.25) is 19.4 Å². The summed E-state index contributed by atoms with van der Waals surface area (Å²) in [6.07, 6.45) is -2.29. The zero-order valence-electron chi connectivity index (χ0n) is 30.9. The molecule has 1 aliphatic heterocycles. The summed E-state index contributed by atoms with van der Waals surface area (Å²) in [5, 5.41) is 5.71. The molecule has 4 N–H and O–H groups in total. The van der Waals surface area contributed by atoms with Crippen molar-refractivity contribution in [3.63, 3.8) is 0 Å². The maximum Gasteiger partial charge on any atom is 0.459 e. The fourth-order valence-corrected chi connectivity index (χ4v) is 7.17. The van der Waals surface area contributed by atoms with Gasteiger partial charge in [0.2, 0.25) is 5.91 Å². The minimum atomic E-state index is -5.78. The monoisotopic (exact) mass is 753 g/mol. The molecule has 5 rings (SSSR count). The van der Waals surface area contributed by atoms with Crippen LogP contribution in [0.15, 0.2) is 65.7 Å². The van der Waals surface area contributed by atoms with Gasteiger partial charge in [-0.2, -0.15) is 22.0 Å². The van der Waals surface area contributed by atoms with Crippen molar-refractivity contribution in [2.24, 2.45) is 28.5 Å². The molecule has 0 aromatic heterocycles. The summed E-state index contributed by atoms with van der Waals surface area (Å²) in [7, 11) is 3.97. The Morgan fingerprint density at radius 1 is 0.944 bits per heavy atom. The molecule has 1 heterocycles. The van der Waals surface area contributed by atoms with Gasteiger partial charge in [-0.15, -0.1) is 0 Å². The standard InChI is InChI=1S/C41H48F5N5O3/c1-25-19-31(38(53)48-17-4-18-51(2)3)14-16-34(25)28-9-5-26(6-10-28)20-32(21-36(52)29-11-7-27(24-47)8-12-29)39(54)49-33-15-13-30-22-37(50-35(30)23-33)40(42,43)41(44,45)46/h5-6,9-10,13-16,19,23,27,29,32H,4,7-8,11-12,17-18,20-22,24,47H2,1-3H3,(H,48,53)(H,49,54)/t27?,29?,32-/m1/s1. The van der Waals surface area contributed by atoms with Crippen molar-refractivity contribution >= 4 is 34.7 Å². The number of halogens is 5. The molecule has 1 aliphatic carbocycles. The Kier molecular flexibility index (Phi) is 13.1. The van der Waals surface area contributed by atoms with Crippen LogP contribution in [-0.2, 0) is 22.4 Å². The van der Waals surface area contributed by atoms with Crippen LogP contribution < -0.4 is 16.4 Å². The van der Waals surface area contributed by atoms with E-state index in [1.807, 2.05) is 57.4 Å². The van der Waals surface area contributed by atoms with E-state index in [-0.39, 0.29) is 47.4 Å². The molecule has 0 unspecified atom stereocenters. The van der Waals surface area contributed by atoms with Crippen LogP contribution in [0.2, 0.25) is 0 Å². The summed E-state index contributed by atoms with van der Waals surface area (Å²) in [5.74, 6) is -6.29. The second kappa shape index (κ2) is 17.3. The smallest absolute Gasteiger partial charge is 0.352 e. The van der Waals surface area contributed by atoms with E-state index in [9.17, 15) is 36.3 Å². The molecule has 2 aliphatic rings. The molecule has 3 aromatic rings. The number of alkyl halides is 5. The number of Topliss-reactive ketones (excluding diaryl/α,β-unsaturated/α-hetero) is 1. The quantitative estimate of drug-likeness (QED) is 0.109. The zero-order valence-corrected chi connectivity index (χ0v) is 30.9. The van der Waals surface area contributed by atoms with Gasteiger partial charge in [-0.05, 0) is 131 Å². The van der Waals surface area contributed by atoms with Gasteiger partial charge in [0.15, 0.2) is 0 Å². The molecular weight excluding hydrogens is 705 g/mol. The van der Waals surface area contributed by atoms with Crippen molar-refractivity contribution in [3.8, 4) is 11.1 Å². The number of fused-ring (bicyclic) bond motifs is 1. The van der Waals surface area contributed by atoms with Gasteiger partial charge in [0.1, 0.15) is 11.5 Å². The normalized spacial score (nSPS) is 17.9. The summed E-state index contributed by atoms with van der Waals surface area (Å²) in [6.45, 7) is 3.96. The zero-order chi connectivity index (χ0) is 39.2. The van der Waals surface area contributed by atoms with Crippen molar-refractivity contribution in [1.29, 1.82) is 0 Å². The fraction of sp³-hybridized carbons (Fsp3) is 0.463. The molecule has 1 atom stereocenters. The van der Waals surface area contributed by atoms with Crippen molar-refractivity contribution < 1.29 is 36.3 Å². The number of nitrogens with two attached hydrogens (primary N) is 1. The molecule has 8 nitrogen and oxygen atoms in total. The SMILES string of the molecule is Cc1cc(C(=O)NCCCN(C)C)ccc1-c1ccc(C[C@H](CC(=O)C2CCC(CN)CC2)C(=O)Nc2ccc3c(c2)N=C(C(F)(F)C(F)(F)F)C3)cc1. The van der Waals surface area contributed by atoms with E-state index in [2.05, 4.69) is 20.5 Å². The van der Waals surface area contributed by atoms with Crippen LogP contribution in [0.1, 0.15) is 65.6 Å². The summed E-state index contributed by atoms with van der Waals surface area (Å²) in [6, 6.07) is 17.3. The molecule has 54 heavy (non-hydrogen) atoms. The topological polar surface area (TPSA) is 117 Å². The number of amides is 2. The van der Waals surface area contributed by atoms with Gasteiger partial charge < -0.3 is 21.3 Å². The van der Waals surface area contributed by atoms with Gasteiger partial charge in [0.25, 0.3) is 5.91 Å². The number of nitrogens with zero attached hydrogens (tertiary/aromatic N) is 2. The number of anilines is 1. The summed E-state index contributed by atoms with van der Waals surface area (Å²) in [5.41, 5.74) is 8.99. The van der Waals surface area contributed by atoms with Crippen LogP contribution in [0.5, 0.6) is 0 Å². The maximum atomic E-state index is 14.0. The lowest BCUT2D eigenvalue weighted by molar-refractivity contribution is -0.249. The lowest BCUT2D eigenvalue weighted by atomic mass is 9.77. The molecule has 0 spiro atoms.